The van der Waals surface area contributed by atoms with Gasteiger partial charge in [-0.25, -0.2) is 4.99 Å². The predicted molar refractivity (Wildman–Crippen MR) is 105 cm³/mol. The number of rotatable bonds is 7. The van der Waals surface area contributed by atoms with Crippen LogP contribution in [-0.4, -0.2) is 31.0 Å². The standard InChI is InChI=1S/C21H38N2O/c1-8-15-23(7)20(22-18(5)17(3)4)19-10-12-21(6,13-11-19)14-16-24-9-2/h8,15,19H,9-14,16H2,1-7H3/b15-8-,22-20?. The van der Waals surface area contributed by atoms with Gasteiger partial charge in [0.15, 0.2) is 0 Å². The van der Waals surface area contributed by atoms with Crippen LogP contribution in [0.3, 0.4) is 0 Å². The van der Waals surface area contributed by atoms with Crippen LogP contribution >= 0.6 is 0 Å². The van der Waals surface area contributed by atoms with Gasteiger partial charge < -0.3 is 9.64 Å². The lowest BCUT2D eigenvalue weighted by Gasteiger charge is -2.39. The summed E-state index contributed by atoms with van der Waals surface area (Å²) in [6.45, 7) is 14.7. The Morgan fingerprint density at radius 2 is 1.88 bits per heavy atom. The van der Waals surface area contributed by atoms with Crippen molar-refractivity contribution in [1.82, 2.24) is 4.90 Å². The van der Waals surface area contributed by atoms with Crippen molar-refractivity contribution in [2.75, 3.05) is 20.3 Å². The largest absolute Gasteiger partial charge is 0.382 e. The molecule has 3 nitrogen and oxygen atoms in total. The third-order valence-corrected chi connectivity index (χ3v) is 5.35. The first-order chi connectivity index (χ1) is 11.3. The van der Waals surface area contributed by atoms with Crippen LogP contribution in [0.25, 0.3) is 0 Å². The fraction of sp³-hybridized carbons (Fsp3) is 0.762. The quantitative estimate of drug-likeness (QED) is 0.334. The molecule has 0 unspecified atom stereocenters. The van der Waals surface area contributed by atoms with Crippen molar-refractivity contribution >= 4 is 5.84 Å². The molecule has 0 atom stereocenters. The van der Waals surface area contributed by atoms with Crippen molar-refractivity contribution in [3.63, 3.8) is 0 Å². The Hall–Kier alpha value is -1.09. The third kappa shape index (κ3) is 6.43. The second-order valence-electron chi connectivity index (χ2n) is 7.68. The van der Waals surface area contributed by atoms with Gasteiger partial charge in [-0.1, -0.05) is 18.6 Å². The molecule has 0 aliphatic heterocycles. The fourth-order valence-corrected chi connectivity index (χ4v) is 3.33. The Balaban J connectivity index is 2.82. The molecule has 0 aromatic rings. The predicted octanol–water partition coefficient (Wildman–Crippen LogP) is 5.79. The summed E-state index contributed by atoms with van der Waals surface area (Å²) < 4.78 is 5.58. The second-order valence-corrected chi connectivity index (χ2v) is 7.68. The highest BCUT2D eigenvalue weighted by molar-refractivity contribution is 5.86. The smallest absolute Gasteiger partial charge is 0.111 e. The number of nitrogens with zero attached hydrogens (tertiary/aromatic N) is 2. The van der Waals surface area contributed by atoms with Gasteiger partial charge >= 0.3 is 0 Å². The van der Waals surface area contributed by atoms with Crippen molar-refractivity contribution in [1.29, 1.82) is 0 Å². The minimum absolute atomic E-state index is 0.432. The normalized spacial score (nSPS) is 25.1. The molecule has 0 N–H and O–H groups in total. The summed E-state index contributed by atoms with van der Waals surface area (Å²) >= 11 is 0. The number of amidine groups is 1. The maximum Gasteiger partial charge on any atom is 0.111 e. The van der Waals surface area contributed by atoms with E-state index in [1.54, 1.807) is 0 Å². The minimum atomic E-state index is 0.432. The Labute approximate surface area is 149 Å². The Morgan fingerprint density at radius 1 is 1.25 bits per heavy atom. The van der Waals surface area contributed by atoms with Crippen molar-refractivity contribution in [3.05, 3.63) is 23.5 Å². The zero-order valence-corrected chi connectivity index (χ0v) is 17.0. The van der Waals surface area contributed by atoms with E-state index in [9.17, 15) is 0 Å². The first-order valence-corrected chi connectivity index (χ1v) is 9.49. The number of ether oxygens (including phenoxy) is 1. The monoisotopic (exact) mass is 334 g/mol. The van der Waals surface area contributed by atoms with Crippen LogP contribution in [0.1, 0.15) is 73.6 Å². The van der Waals surface area contributed by atoms with Gasteiger partial charge in [-0.3, -0.25) is 0 Å². The number of hydrogen-bond donors (Lipinski definition) is 0. The van der Waals surface area contributed by atoms with Gasteiger partial charge in [0.05, 0.1) is 0 Å². The van der Waals surface area contributed by atoms with Gasteiger partial charge in [-0.05, 0) is 72.1 Å². The van der Waals surface area contributed by atoms with Crippen LogP contribution in [0.4, 0.5) is 0 Å². The molecule has 0 radical (unpaired) electrons. The molecule has 0 amide bonds. The molecular weight excluding hydrogens is 296 g/mol. The summed E-state index contributed by atoms with van der Waals surface area (Å²) in [6, 6.07) is 0. The van der Waals surface area contributed by atoms with Gasteiger partial charge in [0.25, 0.3) is 0 Å². The van der Waals surface area contributed by atoms with Crippen LogP contribution in [0.5, 0.6) is 0 Å². The molecule has 0 saturated heterocycles. The highest BCUT2D eigenvalue weighted by Gasteiger charge is 2.33. The molecule has 24 heavy (non-hydrogen) atoms. The topological polar surface area (TPSA) is 24.8 Å². The molecular formula is C21H38N2O. The molecule has 0 aromatic carbocycles. The lowest BCUT2D eigenvalue weighted by atomic mass is 9.69. The van der Waals surface area contributed by atoms with Crippen molar-refractivity contribution in [2.45, 2.75) is 73.6 Å². The van der Waals surface area contributed by atoms with Gasteiger partial charge in [0, 0.05) is 38.1 Å². The van der Waals surface area contributed by atoms with Crippen molar-refractivity contribution in [2.24, 2.45) is 16.3 Å². The summed E-state index contributed by atoms with van der Waals surface area (Å²) in [5.41, 5.74) is 2.87. The summed E-state index contributed by atoms with van der Waals surface area (Å²) in [7, 11) is 2.12. The van der Waals surface area contributed by atoms with Crippen LogP contribution in [-0.2, 0) is 4.74 Å². The molecule has 1 fully saturated rings. The summed E-state index contributed by atoms with van der Waals surface area (Å²) in [5, 5.41) is 0. The highest BCUT2D eigenvalue weighted by atomic mass is 16.5. The van der Waals surface area contributed by atoms with Gasteiger partial charge in [0.1, 0.15) is 5.84 Å². The van der Waals surface area contributed by atoms with Gasteiger partial charge in [-0.15, -0.1) is 0 Å². The molecule has 1 rings (SSSR count). The van der Waals surface area contributed by atoms with Gasteiger partial charge in [-0.2, -0.15) is 0 Å². The fourth-order valence-electron chi connectivity index (χ4n) is 3.33. The Morgan fingerprint density at radius 3 is 2.38 bits per heavy atom. The SMILES string of the molecule is C/C=C\N(C)C(=NC(C)=C(C)C)C1CCC(C)(CCOCC)CC1. The summed E-state index contributed by atoms with van der Waals surface area (Å²) in [6.07, 6.45) is 10.4. The number of aliphatic imine (C=N–C) groups is 1. The molecule has 1 saturated carbocycles. The maximum absolute atomic E-state index is 5.58. The third-order valence-electron chi connectivity index (χ3n) is 5.35. The molecule has 0 spiro atoms. The summed E-state index contributed by atoms with van der Waals surface area (Å²) in [5.74, 6) is 1.78. The average Bonchev–Trinajstić information content (AvgIpc) is 2.53. The molecule has 3 heteroatoms. The van der Waals surface area contributed by atoms with E-state index in [2.05, 4.69) is 65.8 Å². The molecule has 138 valence electrons. The van der Waals surface area contributed by atoms with Crippen LogP contribution in [0.15, 0.2) is 28.5 Å². The maximum atomic E-state index is 5.58. The van der Waals surface area contributed by atoms with E-state index in [1.165, 1.54) is 43.5 Å². The lowest BCUT2D eigenvalue weighted by molar-refractivity contribution is 0.0849. The van der Waals surface area contributed by atoms with Crippen LogP contribution in [0.2, 0.25) is 0 Å². The van der Waals surface area contributed by atoms with E-state index in [4.69, 9.17) is 9.73 Å². The molecule has 0 heterocycles. The second kappa shape index (κ2) is 10.0. The zero-order valence-electron chi connectivity index (χ0n) is 17.0. The van der Waals surface area contributed by atoms with E-state index in [0.717, 1.165) is 18.9 Å². The number of allylic oxidation sites excluding steroid dienone is 3. The van der Waals surface area contributed by atoms with E-state index in [1.807, 2.05) is 0 Å². The average molecular weight is 335 g/mol. The summed E-state index contributed by atoms with van der Waals surface area (Å²) in [4.78, 5) is 7.20. The number of hydrogen-bond acceptors (Lipinski definition) is 2. The first kappa shape index (κ1) is 21.0. The van der Waals surface area contributed by atoms with Gasteiger partial charge in [0.2, 0.25) is 0 Å². The Kier molecular flexibility index (Phi) is 8.75. The van der Waals surface area contributed by atoms with E-state index in [-0.39, 0.29) is 0 Å². The van der Waals surface area contributed by atoms with Crippen LogP contribution < -0.4 is 0 Å². The van der Waals surface area contributed by atoms with Crippen LogP contribution in [0, 0.1) is 11.3 Å². The molecule has 1 aliphatic carbocycles. The van der Waals surface area contributed by atoms with Crippen molar-refractivity contribution < 1.29 is 4.74 Å². The van der Waals surface area contributed by atoms with Crippen molar-refractivity contribution in [3.8, 4) is 0 Å². The highest BCUT2D eigenvalue weighted by Crippen LogP contribution is 2.42. The van der Waals surface area contributed by atoms with E-state index < -0.39 is 0 Å². The first-order valence-electron chi connectivity index (χ1n) is 9.49. The lowest BCUT2D eigenvalue weighted by Crippen LogP contribution is -2.35. The minimum Gasteiger partial charge on any atom is -0.382 e. The molecule has 0 bridgehead atoms. The van der Waals surface area contributed by atoms with E-state index >= 15 is 0 Å². The van der Waals surface area contributed by atoms with E-state index in [0.29, 0.717) is 11.3 Å². The Bertz CT molecular complexity index is 464. The molecule has 0 aromatic heterocycles. The zero-order chi connectivity index (χ0) is 18.2. The molecule has 1 aliphatic rings.